The lowest BCUT2D eigenvalue weighted by Crippen LogP contribution is -2.12. The van der Waals surface area contributed by atoms with Crippen LogP contribution in [-0.4, -0.2) is 31.6 Å². The molecule has 0 N–H and O–H groups in total. The van der Waals surface area contributed by atoms with E-state index in [0.717, 1.165) is 36.4 Å². The topological polar surface area (TPSA) is 225 Å². The summed E-state index contributed by atoms with van der Waals surface area (Å²) in [5.74, 6) is -3.12. The summed E-state index contributed by atoms with van der Waals surface area (Å²) in [4.78, 5) is 63.9. The fraction of sp³-hybridized carbons (Fsp3) is 0.222. The molecule has 0 amide bonds. The molecular weight excluding hydrogens is 464 g/mol. The third kappa shape index (κ3) is 6.25. The Bertz CT molecular complexity index is 1090. The maximum atomic E-state index is 12.0. The van der Waals surface area contributed by atoms with Crippen LogP contribution in [-0.2, 0) is 9.59 Å². The number of benzene rings is 2. The summed E-state index contributed by atoms with van der Waals surface area (Å²) in [7, 11) is 0. The average molecular weight is 478 g/mol. The first-order chi connectivity index (χ1) is 16.0. The summed E-state index contributed by atoms with van der Waals surface area (Å²) >= 11 is 0. The number of nitro benzene ring substituents is 4. The van der Waals surface area contributed by atoms with Crippen LogP contribution in [0.4, 0.5) is 22.7 Å². The zero-order valence-corrected chi connectivity index (χ0v) is 17.0. The van der Waals surface area contributed by atoms with Crippen molar-refractivity contribution in [3.05, 3.63) is 76.9 Å². The maximum Gasteiger partial charge on any atom is 0.388 e. The Morgan fingerprint density at radius 1 is 0.618 bits per heavy atom. The third-order valence-corrected chi connectivity index (χ3v) is 4.17. The summed E-state index contributed by atoms with van der Waals surface area (Å²) in [6, 6.07) is 6.02. The monoisotopic (exact) mass is 478 g/mol. The summed E-state index contributed by atoms with van der Waals surface area (Å²) in [6.07, 6.45) is -0.560. The highest BCUT2D eigenvalue weighted by atomic mass is 16.7. The molecule has 0 bridgehead atoms. The Morgan fingerprint density at radius 3 is 1.26 bits per heavy atom. The van der Waals surface area contributed by atoms with Gasteiger partial charge < -0.3 is 9.47 Å². The first-order valence-electron chi connectivity index (χ1n) is 9.27. The van der Waals surface area contributed by atoms with Crippen LogP contribution in [0.25, 0.3) is 0 Å². The van der Waals surface area contributed by atoms with Gasteiger partial charge in [0.1, 0.15) is 0 Å². The number of nitro groups is 4. The number of para-hydroxylation sites is 2. The quantitative estimate of drug-likeness (QED) is 0.149. The van der Waals surface area contributed by atoms with Crippen molar-refractivity contribution in [3.8, 4) is 11.5 Å². The first-order valence-corrected chi connectivity index (χ1v) is 9.27. The van der Waals surface area contributed by atoms with Gasteiger partial charge in [0.15, 0.2) is 0 Å². The van der Waals surface area contributed by atoms with Gasteiger partial charge >= 0.3 is 34.7 Å². The molecule has 0 aliphatic rings. The highest BCUT2D eigenvalue weighted by Gasteiger charge is 2.31. The molecule has 0 heterocycles. The minimum Gasteiger partial charge on any atom is -0.419 e. The second-order valence-electron chi connectivity index (χ2n) is 6.43. The van der Waals surface area contributed by atoms with Gasteiger partial charge in [0.2, 0.25) is 11.5 Å². The fourth-order valence-electron chi connectivity index (χ4n) is 2.73. The molecule has 2 aromatic carbocycles. The molecule has 16 nitrogen and oxygen atoms in total. The lowest BCUT2D eigenvalue weighted by Gasteiger charge is -2.06. The molecule has 0 unspecified atom stereocenters. The van der Waals surface area contributed by atoms with Crippen molar-refractivity contribution >= 4 is 34.7 Å². The van der Waals surface area contributed by atoms with E-state index in [1.807, 2.05) is 0 Å². The number of esters is 2. The molecule has 0 aliphatic heterocycles. The van der Waals surface area contributed by atoms with Gasteiger partial charge in [0, 0.05) is 25.0 Å². The highest BCUT2D eigenvalue weighted by Crippen LogP contribution is 2.37. The average Bonchev–Trinajstić information content (AvgIpc) is 2.75. The van der Waals surface area contributed by atoms with Crippen LogP contribution in [0, 0.1) is 40.5 Å². The number of hydrogen-bond donors (Lipinski definition) is 0. The van der Waals surface area contributed by atoms with Gasteiger partial charge in [-0.1, -0.05) is 12.1 Å². The second-order valence-corrected chi connectivity index (χ2v) is 6.43. The summed E-state index contributed by atoms with van der Waals surface area (Å²) < 4.78 is 9.68. The predicted octanol–water partition coefficient (Wildman–Crippen LogP) is 3.39. The summed E-state index contributed by atoms with van der Waals surface area (Å²) in [6.45, 7) is 0. The molecular formula is C18H14N4O12. The minimum absolute atomic E-state index is 0.0354. The van der Waals surface area contributed by atoms with Crippen molar-refractivity contribution in [2.24, 2.45) is 0 Å². The van der Waals surface area contributed by atoms with Crippen LogP contribution in [0.3, 0.4) is 0 Å². The van der Waals surface area contributed by atoms with Crippen LogP contribution in [0.1, 0.15) is 25.7 Å². The Hall–Kier alpha value is -5.02. The molecule has 0 saturated heterocycles. The van der Waals surface area contributed by atoms with E-state index in [9.17, 15) is 50.0 Å². The molecule has 34 heavy (non-hydrogen) atoms. The van der Waals surface area contributed by atoms with Crippen molar-refractivity contribution in [2.45, 2.75) is 25.7 Å². The van der Waals surface area contributed by atoms with Gasteiger partial charge in [-0.05, 0) is 25.0 Å². The molecule has 0 atom stereocenters. The molecule has 0 radical (unpaired) electrons. The van der Waals surface area contributed by atoms with Crippen molar-refractivity contribution in [2.75, 3.05) is 0 Å². The summed E-state index contributed by atoms with van der Waals surface area (Å²) in [5.41, 5.74) is -3.67. The van der Waals surface area contributed by atoms with E-state index in [0.29, 0.717) is 0 Å². The van der Waals surface area contributed by atoms with E-state index in [4.69, 9.17) is 9.47 Å². The zero-order valence-electron chi connectivity index (χ0n) is 17.0. The number of ether oxygens (including phenoxy) is 2. The standard InChI is InChI=1S/C18H14N4O12/c23-15(33-13-7-3-5-11(19(25)26)17(13)21(29)30)9-1-2-10-16(24)34-14-8-4-6-12(20(27)28)18(14)22(31)32/h3-8H,1-2,9-10H2. The lowest BCUT2D eigenvalue weighted by molar-refractivity contribution is -0.423. The van der Waals surface area contributed by atoms with E-state index in [2.05, 4.69) is 0 Å². The number of carbonyl (C=O) groups is 2. The number of nitrogens with zero attached hydrogens (tertiary/aromatic N) is 4. The largest absolute Gasteiger partial charge is 0.419 e. The Labute approximate surface area is 188 Å². The molecule has 0 saturated carbocycles. The minimum atomic E-state index is -1.05. The van der Waals surface area contributed by atoms with Crippen molar-refractivity contribution in [3.63, 3.8) is 0 Å². The van der Waals surface area contributed by atoms with Crippen molar-refractivity contribution in [1.82, 2.24) is 0 Å². The summed E-state index contributed by atoms with van der Waals surface area (Å²) in [5, 5.41) is 44.1. The third-order valence-electron chi connectivity index (χ3n) is 4.17. The Balaban J connectivity index is 1.93. The maximum absolute atomic E-state index is 12.0. The van der Waals surface area contributed by atoms with Crippen molar-refractivity contribution < 1.29 is 38.8 Å². The van der Waals surface area contributed by atoms with Crippen LogP contribution >= 0.6 is 0 Å². The molecule has 2 rings (SSSR count). The zero-order chi connectivity index (χ0) is 25.4. The molecule has 178 valence electrons. The van der Waals surface area contributed by atoms with Gasteiger partial charge in [-0.25, -0.2) is 0 Å². The number of unbranched alkanes of at least 4 members (excludes halogenated alkanes) is 1. The van der Waals surface area contributed by atoms with E-state index < -0.39 is 65.9 Å². The Kier molecular flexibility index (Phi) is 8.19. The molecule has 0 aromatic heterocycles. The Morgan fingerprint density at radius 2 is 0.971 bits per heavy atom. The van der Waals surface area contributed by atoms with Crippen LogP contribution in [0.2, 0.25) is 0 Å². The number of rotatable bonds is 11. The number of carbonyl (C=O) groups excluding carboxylic acids is 2. The number of hydrogen-bond acceptors (Lipinski definition) is 12. The van der Waals surface area contributed by atoms with Crippen molar-refractivity contribution in [1.29, 1.82) is 0 Å². The molecule has 2 aromatic rings. The van der Waals surface area contributed by atoms with E-state index in [1.165, 1.54) is 0 Å². The first kappa shape index (κ1) is 25.2. The van der Waals surface area contributed by atoms with Crippen LogP contribution in [0.5, 0.6) is 11.5 Å². The van der Waals surface area contributed by atoms with Gasteiger partial charge in [-0.15, -0.1) is 0 Å². The molecule has 0 aliphatic carbocycles. The van der Waals surface area contributed by atoms with Gasteiger partial charge in [0.25, 0.3) is 0 Å². The SMILES string of the molecule is O=C(CCCCC(=O)Oc1cccc([N+](=O)[O-])c1[N+](=O)[O-])Oc1cccc([N+](=O)[O-])c1[N+](=O)[O-]. The normalized spacial score (nSPS) is 10.2. The van der Waals surface area contributed by atoms with E-state index in [1.54, 1.807) is 0 Å². The highest BCUT2D eigenvalue weighted by molar-refractivity contribution is 5.77. The lowest BCUT2D eigenvalue weighted by atomic mass is 10.2. The van der Waals surface area contributed by atoms with E-state index >= 15 is 0 Å². The van der Waals surface area contributed by atoms with Gasteiger partial charge in [-0.2, -0.15) is 0 Å². The van der Waals surface area contributed by atoms with Gasteiger partial charge in [0.05, 0.1) is 19.7 Å². The molecule has 0 spiro atoms. The van der Waals surface area contributed by atoms with Crippen LogP contribution < -0.4 is 9.47 Å². The fourth-order valence-corrected chi connectivity index (χ4v) is 2.73. The van der Waals surface area contributed by atoms with Gasteiger partial charge in [-0.3, -0.25) is 50.0 Å². The predicted molar refractivity (Wildman–Crippen MR) is 109 cm³/mol. The van der Waals surface area contributed by atoms with E-state index in [-0.39, 0.29) is 25.7 Å². The second kappa shape index (κ2) is 11.0. The molecule has 16 heteroatoms. The van der Waals surface area contributed by atoms with Crippen LogP contribution in [0.15, 0.2) is 36.4 Å². The smallest absolute Gasteiger partial charge is 0.388 e. The molecule has 0 fully saturated rings.